The summed E-state index contributed by atoms with van der Waals surface area (Å²) in [5.41, 5.74) is 1.89. The molecular formula is C14H14O4. The van der Waals surface area contributed by atoms with E-state index in [2.05, 4.69) is 0 Å². The maximum Gasteiger partial charge on any atom is 0.339 e. The van der Waals surface area contributed by atoms with Gasteiger partial charge < -0.3 is 13.9 Å². The predicted octanol–water partition coefficient (Wildman–Crippen LogP) is 2.19. The van der Waals surface area contributed by atoms with Crippen LogP contribution >= 0.6 is 0 Å². The van der Waals surface area contributed by atoms with E-state index in [0.29, 0.717) is 23.5 Å². The molecule has 1 aliphatic heterocycles. The van der Waals surface area contributed by atoms with Gasteiger partial charge in [-0.1, -0.05) is 0 Å². The molecule has 1 unspecified atom stereocenters. The minimum absolute atomic E-state index is 0.215. The van der Waals surface area contributed by atoms with Gasteiger partial charge in [0.1, 0.15) is 24.0 Å². The summed E-state index contributed by atoms with van der Waals surface area (Å²) >= 11 is 0. The summed E-state index contributed by atoms with van der Waals surface area (Å²) < 4.78 is 15.9. The van der Waals surface area contributed by atoms with Crippen LogP contribution in [0, 0.1) is 13.8 Å². The zero-order valence-corrected chi connectivity index (χ0v) is 10.4. The highest BCUT2D eigenvalue weighted by molar-refractivity contribution is 5.82. The van der Waals surface area contributed by atoms with Crippen molar-refractivity contribution in [3.63, 3.8) is 0 Å². The summed E-state index contributed by atoms with van der Waals surface area (Å²) in [6.07, 6.45) is 0.215. The van der Waals surface area contributed by atoms with Gasteiger partial charge in [-0.15, -0.1) is 0 Å². The van der Waals surface area contributed by atoms with Gasteiger partial charge in [0.2, 0.25) is 0 Å². The van der Waals surface area contributed by atoms with Crippen LogP contribution in [0.1, 0.15) is 11.1 Å². The summed E-state index contributed by atoms with van der Waals surface area (Å²) in [6, 6.07) is 5.56. The van der Waals surface area contributed by atoms with Gasteiger partial charge in [-0.3, -0.25) is 0 Å². The Morgan fingerprint density at radius 3 is 2.83 bits per heavy atom. The number of hydrogen-bond donors (Lipinski definition) is 0. The van der Waals surface area contributed by atoms with E-state index >= 15 is 0 Å². The number of hydrogen-bond acceptors (Lipinski definition) is 4. The standard InChI is InChI=1S/C14H14O4/c1-8-9(2)14(15)18-13-5-10(3-4-12(8)13)16-6-11-7-17-11/h3-5,11H,6-7H2,1-2H3. The van der Waals surface area contributed by atoms with Gasteiger partial charge in [0.15, 0.2) is 0 Å². The molecule has 0 radical (unpaired) electrons. The Balaban J connectivity index is 2.00. The molecule has 1 atom stereocenters. The minimum Gasteiger partial charge on any atom is -0.491 e. The first kappa shape index (κ1) is 11.3. The van der Waals surface area contributed by atoms with Crippen molar-refractivity contribution in [2.24, 2.45) is 0 Å². The van der Waals surface area contributed by atoms with E-state index in [9.17, 15) is 4.79 Å². The number of rotatable bonds is 3. The highest BCUT2D eigenvalue weighted by Crippen LogP contribution is 2.24. The van der Waals surface area contributed by atoms with Crippen molar-refractivity contribution in [1.29, 1.82) is 0 Å². The third-order valence-electron chi connectivity index (χ3n) is 3.27. The topological polar surface area (TPSA) is 52.0 Å². The monoisotopic (exact) mass is 246 g/mol. The molecule has 1 fully saturated rings. The summed E-state index contributed by atoms with van der Waals surface area (Å²) in [4.78, 5) is 11.6. The molecule has 0 bridgehead atoms. The van der Waals surface area contributed by atoms with E-state index in [1.165, 1.54) is 0 Å². The summed E-state index contributed by atoms with van der Waals surface area (Å²) in [7, 11) is 0. The molecule has 18 heavy (non-hydrogen) atoms. The quantitative estimate of drug-likeness (QED) is 0.615. The summed E-state index contributed by atoms with van der Waals surface area (Å²) in [6.45, 7) is 5.00. The number of fused-ring (bicyclic) bond motifs is 1. The lowest BCUT2D eigenvalue weighted by Gasteiger charge is -2.07. The van der Waals surface area contributed by atoms with Crippen LogP contribution in [-0.2, 0) is 4.74 Å². The molecule has 3 rings (SSSR count). The zero-order valence-electron chi connectivity index (χ0n) is 10.4. The maximum atomic E-state index is 11.6. The largest absolute Gasteiger partial charge is 0.491 e. The molecule has 2 aromatic rings. The molecule has 0 aliphatic carbocycles. The van der Waals surface area contributed by atoms with Crippen LogP contribution in [0.2, 0.25) is 0 Å². The summed E-state index contributed by atoms with van der Waals surface area (Å²) in [5.74, 6) is 0.699. The molecule has 0 spiro atoms. The van der Waals surface area contributed by atoms with E-state index in [1.807, 2.05) is 19.1 Å². The predicted molar refractivity (Wildman–Crippen MR) is 67.2 cm³/mol. The number of benzene rings is 1. The van der Waals surface area contributed by atoms with Gasteiger partial charge in [-0.2, -0.15) is 0 Å². The van der Waals surface area contributed by atoms with Crippen molar-refractivity contribution in [3.8, 4) is 5.75 Å². The van der Waals surface area contributed by atoms with Gasteiger partial charge >= 0.3 is 5.63 Å². The zero-order chi connectivity index (χ0) is 12.7. The van der Waals surface area contributed by atoms with Gasteiger partial charge in [-0.25, -0.2) is 4.79 Å². The van der Waals surface area contributed by atoms with Crippen LogP contribution in [0.3, 0.4) is 0 Å². The minimum atomic E-state index is -0.289. The van der Waals surface area contributed by atoms with E-state index in [0.717, 1.165) is 17.6 Å². The Kier molecular flexibility index (Phi) is 2.59. The first-order chi connectivity index (χ1) is 8.65. The number of aryl methyl sites for hydroxylation is 1. The average molecular weight is 246 g/mol. The summed E-state index contributed by atoms with van der Waals surface area (Å²) in [5, 5.41) is 0.946. The third kappa shape index (κ3) is 1.99. The fourth-order valence-corrected chi connectivity index (χ4v) is 1.87. The van der Waals surface area contributed by atoms with Gasteiger partial charge in [-0.05, 0) is 31.5 Å². The van der Waals surface area contributed by atoms with E-state index in [-0.39, 0.29) is 11.7 Å². The first-order valence-corrected chi connectivity index (χ1v) is 5.93. The Labute approximate surface area is 104 Å². The Bertz CT molecular complexity index is 653. The molecule has 1 saturated heterocycles. The van der Waals surface area contributed by atoms with Gasteiger partial charge in [0.05, 0.1) is 6.61 Å². The molecule has 2 heterocycles. The second-order valence-electron chi connectivity index (χ2n) is 4.56. The van der Waals surface area contributed by atoms with Crippen molar-refractivity contribution in [1.82, 2.24) is 0 Å². The maximum absolute atomic E-state index is 11.6. The number of epoxide rings is 1. The molecule has 0 saturated carbocycles. The van der Waals surface area contributed by atoms with Crippen LogP contribution in [0.25, 0.3) is 11.0 Å². The first-order valence-electron chi connectivity index (χ1n) is 5.93. The van der Waals surface area contributed by atoms with Crippen LogP contribution < -0.4 is 10.4 Å². The highest BCUT2D eigenvalue weighted by Gasteiger charge is 2.23. The molecule has 0 amide bonds. The molecule has 0 N–H and O–H groups in total. The van der Waals surface area contributed by atoms with Crippen molar-refractivity contribution < 1.29 is 13.9 Å². The molecule has 1 aromatic carbocycles. The Hall–Kier alpha value is -1.81. The van der Waals surface area contributed by atoms with Crippen molar-refractivity contribution in [2.45, 2.75) is 20.0 Å². The Morgan fingerprint density at radius 1 is 1.33 bits per heavy atom. The smallest absolute Gasteiger partial charge is 0.339 e. The van der Waals surface area contributed by atoms with E-state index < -0.39 is 0 Å². The second kappa shape index (κ2) is 4.14. The SMILES string of the molecule is Cc1c(C)c2ccc(OCC3CO3)cc2oc1=O. The molecule has 1 aromatic heterocycles. The number of ether oxygens (including phenoxy) is 2. The molecule has 94 valence electrons. The highest BCUT2D eigenvalue weighted by atomic mass is 16.6. The van der Waals surface area contributed by atoms with Crippen molar-refractivity contribution >= 4 is 11.0 Å². The molecule has 1 aliphatic rings. The molecule has 4 heteroatoms. The van der Waals surface area contributed by atoms with E-state index in [4.69, 9.17) is 13.9 Å². The lowest BCUT2D eigenvalue weighted by molar-refractivity contribution is 0.263. The fraction of sp³-hybridized carbons (Fsp3) is 0.357. The third-order valence-corrected chi connectivity index (χ3v) is 3.27. The van der Waals surface area contributed by atoms with Crippen LogP contribution in [0.4, 0.5) is 0 Å². The van der Waals surface area contributed by atoms with Crippen LogP contribution in [0.5, 0.6) is 5.75 Å². The fourth-order valence-electron chi connectivity index (χ4n) is 1.87. The lowest BCUT2D eigenvalue weighted by Crippen LogP contribution is -2.06. The van der Waals surface area contributed by atoms with Crippen LogP contribution in [-0.4, -0.2) is 19.3 Å². The Morgan fingerprint density at radius 2 is 2.11 bits per heavy atom. The van der Waals surface area contributed by atoms with E-state index in [1.54, 1.807) is 13.0 Å². The van der Waals surface area contributed by atoms with Crippen molar-refractivity contribution in [3.05, 3.63) is 39.7 Å². The van der Waals surface area contributed by atoms with Gasteiger partial charge in [0, 0.05) is 17.0 Å². The van der Waals surface area contributed by atoms with Gasteiger partial charge in [0.25, 0.3) is 0 Å². The molecule has 4 nitrogen and oxygen atoms in total. The molecular weight excluding hydrogens is 232 g/mol. The van der Waals surface area contributed by atoms with Crippen LogP contribution in [0.15, 0.2) is 27.4 Å². The average Bonchev–Trinajstić information content (AvgIpc) is 3.17. The second-order valence-corrected chi connectivity index (χ2v) is 4.56. The lowest BCUT2D eigenvalue weighted by atomic mass is 10.1. The normalized spacial score (nSPS) is 18.0. The van der Waals surface area contributed by atoms with Crippen molar-refractivity contribution in [2.75, 3.05) is 13.2 Å².